The van der Waals surface area contributed by atoms with E-state index in [0.717, 1.165) is 23.0 Å². The van der Waals surface area contributed by atoms with E-state index in [9.17, 15) is 14.7 Å². The number of fused-ring (bicyclic) bond motifs is 2. The van der Waals surface area contributed by atoms with Gasteiger partial charge in [-0.25, -0.2) is 4.79 Å². The molecule has 1 aliphatic carbocycles. The molecule has 5 nitrogen and oxygen atoms in total. The Labute approximate surface area is 171 Å². The van der Waals surface area contributed by atoms with Crippen molar-refractivity contribution in [2.75, 3.05) is 0 Å². The van der Waals surface area contributed by atoms with Crippen LogP contribution in [0.5, 0.6) is 0 Å². The molecule has 6 heteroatoms. The molecule has 0 radical (unpaired) electrons. The van der Waals surface area contributed by atoms with Crippen molar-refractivity contribution in [2.24, 2.45) is 5.92 Å². The number of thiophene rings is 1. The molecular formula is C23H22N2O3S. The van der Waals surface area contributed by atoms with Gasteiger partial charge in [0.25, 0.3) is 0 Å². The van der Waals surface area contributed by atoms with Gasteiger partial charge in [-0.05, 0) is 60.9 Å². The molecule has 2 aromatic heterocycles. The zero-order chi connectivity index (χ0) is 20.1. The third-order valence-corrected chi connectivity index (χ3v) is 7.20. The van der Waals surface area contributed by atoms with Crippen LogP contribution in [-0.4, -0.2) is 20.2 Å². The van der Waals surface area contributed by atoms with E-state index in [-0.39, 0.29) is 17.6 Å². The highest BCUT2D eigenvalue weighted by Crippen LogP contribution is 2.36. The predicted molar refractivity (Wildman–Crippen MR) is 116 cm³/mol. The average Bonchev–Trinajstić information content (AvgIpc) is 3.40. The number of aromatic nitrogens is 2. The monoisotopic (exact) mass is 406 g/mol. The van der Waals surface area contributed by atoms with E-state index in [2.05, 4.69) is 30.5 Å². The van der Waals surface area contributed by atoms with Crippen LogP contribution < -0.4 is 5.69 Å². The second-order valence-electron chi connectivity index (χ2n) is 7.94. The zero-order valence-corrected chi connectivity index (χ0v) is 17.0. The van der Waals surface area contributed by atoms with Crippen molar-refractivity contribution in [3.8, 4) is 0 Å². The Morgan fingerprint density at radius 2 is 1.93 bits per heavy atom. The molecule has 0 spiro atoms. The molecule has 0 amide bonds. The summed E-state index contributed by atoms with van der Waals surface area (Å²) in [5.74, 6) is -1.12. The van der Waals surface area contributed by atoms with Crippen molar-refractivity contribution in [2.45, 2.75) is 38.8 Å². The van der Waals surface area contributed by atoms with Crippen molar-refractivity contribution in [1.29, 1.82) is 0 Å². The van der Waals surface area contributed by atoms with Gasteiger partial charge in [0.05, 0.1) is 23.5 Å². The minimum atomic E-state index is -0.760. The highest BCUT2D eigenvalue weighted by Gasteiger charge is 2.33. The maximum absolute atomic E-state index is 13.5. The molecule has 1 N–H and O–H groups in total. The Hall–Kier alpha value is -2.86. The predicted octanol–water partition coefficient (Wildman–Crippen LogP) is 4.80. The number of imidazole rings is 1. The summed E-state index contributed by atoms with van der Waals surface area (Å²) in [7, 11) is 0. The number of hydrogen-bond acceptors (Lipinski definition) is 3. The van der Waals surface area contributed by atoms with Crippen LogP contribution in [0.25, 0.3) is 21.1 Å². The normalized spacial score (nSPS) is 19.3. The Morgan fingerprint density at radius 3 is 2.69 bits per heavy atom. The fraction of sp³-hybridized carbons (Fsp3) is 0.304. The van der Waals surface area contributed by atoms with Gasteiger partial charge in [0.1, 0.15) is 0 Å². The van der Waals surface area contributed by atoms with Crippen LogP contribution in [0.3, 0.4) is 0 Å². The minimum Gasteiger partial charge on any atom is -0.481 e. The summed E-state index contributed by atoms with van der Waals surface area (Å²) in [6.45, 7) is 2.63. The second-order valence-corrected chi connectivity index (χ2v) is 8.85. The Kier molecular flexibility index (Phi) is 4.32. The van der Waals surface area contributed by atoms with Crippen LogP contribution in [0.4, 0.5) is 0 Å². The molecule has 148 valence electrons. The average molecular weight is 407 g/mol. The van der Waals surface area contributed by atoms with Gasteiger partial charge in [-0.1, -0.05) is 24.3 Å². The summed E-state index contributed by atoms with van der Waals surface area (Å²) in [4.78, 5) is 24.9. The summed E-state index contributed by atoms with van der Waals surface area (Å²) < 4.78 is 4.91. The summed E-state index contributed by atoms with van der Waals surface area (Å²) in [6, 6.07) is 14.1. The van der Waals surface area contributed by atoms with Gasteiger partial charge in [-0.3, -0.25) is 13.9 Å². The highest BCUT2D eigenvalue weighted by atomic mass is 32.1. The number of aliphatic carboxylic acids is 1. The number of carbonyl (C=O) groups is 1. The number of carboxylic acid groups (broad SMARTS) is 1. The topological polar surface area (TPSA) is 64.2 Å². The van der Waals surface area contributed by atoms with Crippen molar-refractivity contribution >= 4 is 38.4 Å². The van der Waals surface area contributed by atoms with Gasteiger partial charge in [-0.2, -0.15) is 0 Å². The van der Waals surface area contributed by atoms with E-state index in [1.807, 2.05) is 33.4 Å². The lowest BCUT2D eigenvalue weighted by molar-refractivity contribution is -0.141. The number of aryl methyl sites for hydroxylation is 1. The van der Waals surface area contributed by atoms with Gasteiger partial charge in [0.2, 0.25) is 0 Å². The molecule has 2 atom stereocenters. The molecule has 1 fully saturated rings. The van der Waals surface area contributed by atoms with Crippen LogP contribution in [0, 0.1) is 12.8 Å². The fourth-order valence-electron chi connectivity index (χ4n) is 4.79. The molecule has 1 saturated carbocycles. The highest BCUT2D eigenvalue weighted by molar-refractivity contribution is 7.17. The fourth-order valence-corrected chi connectivity index (χ4v) is 5.81. The summed E-state index contributed by atoms with van der Waals surface area (Å²) in [5.41, 5.74) is 4.13. The first-order valence-corrected chi connectivity index (χ1v) is 10.8. The molecule has 0 bridgehead atoms. The Balaban J connectivity index is 1.63. The van der Waals surface area contributed by atoms with E-state index in [4.69, 9.17) is 0 Å². The van der Waals surface area contributed by atoms with Gasteiger partial charge in [0.15, 0.2) is 0 Å². The molecule has 1 aliphatic rings. The SMILES string of the molecule is Cc1cccc2scc(Cn3c(=O)n([C@H]4CC[C@@H](C(=O)O)C4)c4ccccc43)c12. The molecule has 4 aromatic rings. The number of carboxylic acids is 1. The van der Waals surface area contributed by atoms with Crippen molar-refractivity contribution in [1.82, 2.24) is 9.13 Å². The number of hydrogen-bond donors (Lipinski definition) is 1. The van der Waals surface area contributed by atoms with Gasteiger partial charge >= 0.3 is 11.7 Å². The number of para-hydroxylation sites is 2. The van der Waals surface area contributed by atoms with Crippen LogP contribution in [-0.2, 0) is 11.3 Å². The third-order valence-electron chi connectivity index (χ3n) is 6.20. The standard InChI is InChI=1S/C23H22N2O3S/c1-14-5-4-8-20-21(14)16(13-29-20)12-24-18-6-2-3-7-19(18)25(23(24)28)17-10-9-15(11-17)22(26)27/h2-8,13,15,17H,9-12H2,1H3,(H,26,27)/t15-,17+/m1/s1. The lowest BCUT2D eigenvalue weighted by Crippen LogP contribution is -2.27. The van der Waals surface area contributed by atoms with E-state index < -0.39 is 5.97 Å². The summed E-state index contributed by atoms with van der Waals surface area (Å²) in [6.07, 6.45) is 1.87. The van der Waals surface area contributed by atoms with Crippen LogP contribution >= 0.6 is 11.3 Å². The molecule has 29 heavy (non-hydrogen) atoms. The van der Waals surface area contributed by atoms with E-state index >= 15 is 0 Å². The molecule has 0 aliphatic heterocycles. The molecule has 2 aromatic carbocycles. The zero-order valence-electron chi connectivity index (χ0n) is 16.2. The lowest BCUT2D eigenvalue weighted by Gasteiger charge is -2.11. The molecule has 5 rings (SSSR count). The smallest absolute Gasteiger partial charge is 0.329 e. The van der Waals surface area contributed by atoms with Gasteiger partial charge in [0, 0.05) is 16.1 Å². The maximum atomic E-state index is 13.5. The first kappa shape index (κ1) is 18.2. The Bertz CT molecular complexity index is 1300. The van der Waals surface area contributed by atoms with E-state index in [0.29, 0.717) is 19.4 Å². The molecule has 0 saturated heterocycles. The quantitative estimate of drug-likeness (QED) is 0.529. The number of rotatable bonds is 4. The van der Waals surface area contributed by atoms with E-state index in [1.165, 1.54) is 15.6 Å². The lowest BCUT2D eigenvalue weighted by atomic mass is 10.1. The van der Waals surface area contributed by atoms with Crippen molar-refractivity contribution in [3.63, 3.8) is 0 Å². The second kappa shape index (κ2) is 6.88. The summed E-state index contributed by atoms with van der Waals surface area (Å²) in [5, 5.41) is 12.7. The third kappa shape index (κ3) is 2.90. The maximum Gasteiger partial charge on any atom is 0.329 e. The molecular weight excluding hydrogens is 384 g/mol. The largest absolute Gasteiger partial charge is 0.481 e. The molecule has 2 heterocycles. The van der Waals surface area contributed by atoms with Crippen LogP contribution in [0.1, 0.15) is 36.4 Å². The van der Waals surface area contributed by atoms with Crippen LogP contribution in [0.2, 0.25) is 0 Å². The Morgan fingerprint density at radius 1 is 1.14 bits per heavy atom. The van der Waals surface area contributed by atoms with Gasteiger partial charge < -0.3 is 5.11 Å². The molecule has 0 unspecified atom stereocenters. The minimum absolute atomic E-state index is 0.0461. The van der Waals surface area contributed by atoms with Crippen molar-refractivity contribution in [3.05, 3.63) is 69.5 Å². The summed E-state index contributed by atoms with van der Waals surface area (Å²) >= 11 is 1.71. The van der Waals surface area contributed by atoms with Crippen LogP contribution in [0.15, 0.2) is 52.6 Å². The number of nitrogens with zero attached hydrogens (tertiary/aromatic N) is 2. The number of benzene rings is 2. The van der Waals surface area contributed by atoms with Gasteiger partial charge in [-0.15, -0.1) is 11.3 Å². The van der Waals surface area contributed by atoms with Crippen molar-refractivity contribution < 1.29 is 9.90 Å². The first-order valence-electron chi connectivity index (χ1n) is 9.93. The van der Waals surface area contributed by atoms with E-state index in [1.54, 1.807) is 11.3 Å². The first-order chi connectivity index (χ1) is 14.0.